The number of hydrogen-bond acceptors (Lipinski definition) is 8. The quantitative estimate of drug-likeness (QED) is 0.0939. The standard InChI is InChI=1S/C52H56N6O7/c1-32(2)64-47(59)31-40(34-13-7-5-8-14-34)50(61)58-28-12-18-46(58)49(60)53-39-22-19-35(20-23-39)44-30-38-29-37(21-24-42(38)55-44)41-25-26-43(54-41)45-17-11-27-57(45)51(62)48(36-15-9-6-10-16-36)56-52(63)65-33(3)4/h5-10,13-16,19-25,29-30,32-33,40,45-46,48,55H,11-12,17-18,26-28,31H2,1-4H3,(H,53,60)(H,56,63)/t40-,45+,46+,48-/m1/s1. The lowest BCUT2D eigenvalue weighted by Crippen LogP contribution is -2.47. The van der Waals surface area contributed by atoms with Gasteiger partial charge in [0.15, 0.2) is 0 Å². The lowest BCUT2D eigenvalue weighted by molar-refractivity contribution is -0.150. The second kappa shape index (κ2) is 19.8. The molecule has 0 aliphatic carbocycles. The monoisotopic (exact) mass is 876 g/mol. The first-order valence-corrected chi connectivity index (χ1v) is 22.6. The van der Waals surface area contributed by atoms with Crippen LogP contribution in [0.2, 0.25) is 0 Å². The zero-order chi connectivity index (χ0) is 45.6. The average molecular weight is 877 g/mol. The van der Waals surface area contributed by atoms with Gasteiger partial charge in [-0.05, 0) is 100 Å². The highest BCUT2D eigenvalue weighted by Gasteiger charge is 2.40. The van der Waals surface area contributed by atoms with Gasteiger partial charge in [-0.1, -0.05) is 84.9 Å². The van der Waals surface area contributed by atoms with Crippen LogP contribution in [0.25, 0.3) is 27.9 Å². The molecule has 13 heteroatoms. The number of aromatic amines is 1. The Morgan fingerprint density at radius 3 is 2.11 bits per heavy atom. The number of aromatic nitrogens is 1. The third-order valence-corrected chi connectivity index (χ3v) is 12.1. The Bertz CT molecular complexity index is 2600. The molecule has 5 aromatic rings. The fourth-order valence-electron chi connectivity index (χ4n) is 9.10. The van der Waals surface area contributed by atoms with Crippen molar-refractivity contribution in [2.45, 2.75) is 102 Å². The van der Waals surface area contributed by atoms with E-state index in [0.29, 0.717) is 49.2 Å². The molecule has 0 spiro atoms. The van der Waals surface area contributed by atoms with Crippen LogP contribution in [-0.4, -0.2) is 87.7 Å². The first-order chi connectivity index (χ1) is 31.4. The van der Waals surface area contributed by atoms with Gasteiger partial charge in [0.05, 0.1) is 36.3 Å². The van der Waals surface area contributed by atoms with Crippen LogP contribution in [0.15, 0.2) is 120 Å². The number of carbonyl (C=O) groups excluding carboxylic acids is 5. The summed E-state index contributed by atoms with van der Waals surface area (Å²) in [6.45, 7) is 8.09. The molecular formula is C52H56N6O7. The first-order valence-electron chi connectivity index (χ1n) is 22.6. The Balaban J connectivity index is 0.918. The number of esters is 1. The molecule has 8 rings (SSSR count). The zero-order valence-corrected chi connectivity index (χ0v) is 37.3. The molecule has 0 unspecified atom stereocenters. The van der Waals surface area contributed by atoms with Crippen LogP contribution in [0.1, 0.15) is 94.9 Å². The number of nitrogens with one attached hydrogen (secondary N) is 3. The highest BCUT2D eigenvalue weighted by Crippen LogP contribution is 2.34. The van der Waals surface area contributed by atoms with Crippen LogP contribution in [0, 0.1) is 0 Å². The topological polar surface area (TPSA) is 162 Å². The van der Waals surface area contributed by atoms with Gasteiger partial charge in [-0.2, -0.15) is 0 Å². The van der Waals surface area contributed by atoms with Crippen LogP contribution >= 0.6 is 0 Å². The van der Waals surface area contributed by atoms with Crippen molar-refractivity contribution in [2.24, 2.45) is 4.99 Å². The normalized spacial score (nSPS) is 18.1. The summed E-state index contributed by atoms with van der Waals surface area (Å²) >= 11 is 0. The fourth-order valence-corrected chi connectivity index (χ4v) is 9.10. The highest BCUT2D eigenvalue weighted by molar-refractivity contribution is 6.03. The molecule has 0 radical (unpaired) electrons. The van der Waals surface area contributed by atoms with Crippen molar-refractivity contribution in [3.63, 3.8) is 0 Å². The number of allylic oxidation sites excluding steroid dienone is 1. The third kappa shape index (κ3) is 10.4. The summed E-state index contributed by atoms with van der Waals surface area (Å²) in [5, 5.41) is 6.84. The Labute approximate surface area is 379 Å². The molecule has 0 bridgehead atoms. The van der Waals surface area contributed by atoms with Gasteiger partial charge in [-0.3, -0.25) is 24.2 Å². The van der Waals surface area contributed by atoms with E-state index >= 15 is 0 Å². The number of nitrogens with zero attached hydrogens (tertiary/aromatic N) is 3. The summed E-state index contributed by atoms with van der Waals surface area (Å²) in [7, 11) is 0. The third-order valence-electron chi connectivity index (χ3n) is 12.1. The van der Waals surface area contributed by atoms with E-state index in [0.717, 1.165) is 52.0 Å². The van der Waals surface area contributed by atoms with E-state index in [4.69, 9.17) is 14.5 Å². The van der Waals surface area contributed by atoms with Crippen molar-refractivity contribution in [3.8, 4) is 11.3 Å². The van der Waals surface area contributed by atoms with Crippen molar-refractivity contribution in [2.75, 3.05) is 18.4 Å². The van der Waals surface area contributed by atoms with E-state index in [1.807, 2.05) is 102 Å². The summed E-state index contributed by atoms with van der Waals surface area (Å²) < 4.78 is 10.7. The zero-order valence-electron chi connectivity index (χ0n) is 37.3. The fraction of sp³-hybridized carbons (Fsp3) is 0.346. The second-order valence-corrected chi connectivity index (χ2v) is 17.5. The molecule has 4 atom stereocenters. The molecule has 2 fully saturated rings. The van der Waals surface area contributed by atoms with E-state index in [9.17, 15) is 24.0 Å². The van der Waals surface area contributed by atoms with Crippen LogP contribution in [-0.2, 0) is 28.7 Å². The van der Waals surface area contributed by atoms with Crippen LogP contribution in [0.4, 0.5) is 10.5 Å². The SMILES string of the molecule is CC(C)OC(=O)C[C@@H](C(=O)N1CCC[C@H]1C(=O)Nc1ccc(-c2cc3cc(C4=CCC([C@@H]5CCCN5C(=O)[C@H](NC(=O)OC(C)C)c5ccccc5)=N4)ccc3[nH]2)cc1)c1ccccc1. The lowest BCUT2D eigenvalue weighted by atomic mass is 9.93. The van der Waals surface area contributed by atoms with Gasteiger partial charge in [0.25, 0.3) is 0 Å². The number of hydrogen-bond donors (Lipinski definition) is 3. The number of anilines is 1. The molecule has 3 N–H and O–H groups in total. The lowest BCUT2D eigenvalue weighted by Gasteiger charge is -2.29. The number of fused-ring (bicyclic) bond motifs is 1. The number of benzene rings is 4. The molecule has 4 heterocycles. The van der Waals surface area contributed by atoms with E-state index in [2.05, 4.69) is 33.8 Å². The van der Waals surface area contributed by atoms with Gasteiger partial charge in [-0.25, -0.2) is 4.79 Å². The molecule has 336 valence electrons. The van der Waals surface area contributed by atoms with Gasteiger partial charge in [0.1, 0.15) is 12.1 Å². The predicted molar refractivity (Wildman–Crippen MR) is 251 cm³/mol. The number of carbonyl (C=O) groups is 5. The number of aliphatic imine (C=N–C) groups is 1. The molecule has 3 aliphatic rings. The van der Waals surface area contributed by atoms with Crippen molar-refractivity contribution in [1.29, 1.82) is 0 Å². The predicted octanol–water partition coefficient (Wildman–Crippen LogP) is 8.94. The molecular weight excluding hydrogens is 821 g/mol. The summed E-state index contributed by atoms with van der Waals surface area (Å²) in [5.74, 6) is -1.92. The summed E-state index contributed by atoms with van der Waals surface area (Å²) in [4.78, 5) is 79.4. The van der Waals surface area contributed by atoms with E-state index < -0.39 is 30.1 Å². The molecule has 65 heavy (non-hydrogen) atoms. The maximum atomic E-state index is 14.2. The minimum absolute atomic E-state index is 0.104. The number of H-pyrrole nitrogens is 1. The molecule has 4 amide bonds. The highest BCUT2D eigenvalue weighted by atomic mass is 16.6. The Hall–Kier alpha value is -7.02. The molecule has 3 aliphatic heterocycles. The van der Waals surface area contributed by atoms with E-state index in [-0.39, 0.29) is 42.4 Å². The largest absolute Gasteiger partial charge is 0.463 e. The van der Waals surface area contributed by atoms with Gasteiger partial charge in [0.2, 0.25) is 17.7 Å². The minimum Gasteiger partial charge on any atom is -0.463 e. The van der Waals surface area contributed by atoms with Gasteiger partial charge in [-0.15, -0.1) is 0 Å². The Morgan fingerprint density at radius 1 is 0.738 bits per heavy atom. The van der Waals surface area contributed by atoms with Crippen LogP contribution in [0.5, 0.6) is 0 Å². The average Bonchev–Trinajstić information content (AvgIpc) is 4.14. The second-order valence-electron chi connectivity index (χ2n) is 17.5. The van der Waals surface area contributed by atoms with Gasteiger partial charge >= 0.3 is 12.1 Å². The number of amides is 4. The molecule has 0 saturated carbocycles. The first kappa shape index (κ1) is 44.6. The smallest absolute Gasteiger partial charge is 0.408 e. The molecule has 4 aromatic carbocycles. The maximum absolute atomic E-state index is 14.2. The number of likely N-dealkylation sites (tertiary alicyclic amines) is 2. The summed E-state index contributed by atoms with van der Waals surface area (Å²) in [5.41, 5.74) is 7.58. The van der Waals surface area contributed by atoms with E-state index in [1.54, 1.807) is 32.6 Å². The number of rotatable bonds is 14. The Kier molecular flexibility index (Phi) is 13.6. The Morgan fingerprint density at radius 2 is 1.40 bits per heavy atom. The van der Waals surface area contributed by atoms with Crippen LogP contribution in [0.3, 0.4) is 0 Å². The summed E-state index contributed by atoms with van der Waals surface area (Å²) in [6, 6.07) is 32.6. The molecule has 13 nitrogen and oxygen atoms in total. The number of alkyl carbamates (subject to hydrolysis) is 1. The number of ether oxygens (including phenoxy) is 2. The maximum Gasteiger partial charge on any atom is 0.408 e. The van der Waals surface area contributed by atoms with Crippen LogP contribution < -0.4 is 10.6 Å². The molecule has 2 saturated heterocycles. The summed E-state index contributed by atoms with van der Waals surface area (Å²) in [6.07, 6.45) is 4.20. The van der Waals surface area contributed by atoms with Crippen molar-refractivity contribution < 1.29 is 33.4 Å². The van der Waals surface area contributed by atoms with Crippen molar-refractivity contribution >= 4 is 57.8 Å². The van der Waals surface area contributed by atoms with Crippen molar-refractivity contribution in [1.82, 2.24) is 20.1 Å². The van der Waals surface area contributed by atoms with Gasteiger partial charge < -0.3 is 34.9 Å². The van der Waals surface area contributed by atoms with Crippen molar-refractivity contribution in [3.05, 3.63) is 132 Å². The van der Waals surface area contributed by atoms with E-state index in [1.165, 1.54) is 0 Å². The van der Waals surface area contributed by atoms with Gasteiger partial charge in [0, 0.05) is 53.1 Å². The molecule has 1 aromatic heterocycles. The minimum atomic E-state index is -0.883.